The van der Waals surface area contributed by atoms with Crippen LogP contribution in [0.1, 0.15) is 43.5 Å². The van der Waals surface area contributed by atoms with E-state index < -0.39 is 0 Å². The molecule has 3 aliphatic rings. The van der Waals surface area contributed by atoms with Gasteiger partial charge in [-0.25, -0.2) is 0 Å². The van der Waals surface area contributed by atoms with Gasteiger partial charge in [0.2, 0.25) is 5.91 Å². The zero-order valence-corrected chi connectivity index (χ0v) is 26.3. The van der Waals surface area contributed by atoms with E-state index in [1.54, 1.807) is 25.3 Å². The quantitative estimate of drug-likeness (QED) is 0.398. The summed E-state index contributed by atoms with van der Waals surface area (Å²) in [5, 5.41) is 9.88. The highest BCUT2D eigenvalue weighted by Crippen LogP contribution is 2.35. The third-order valence-electron chi connectivity index (χ3n) is 8.17. The number of carbonyl (C=O) groups excluding carboxylic acids is 1. The van der Waals surface area contributed by atoms with E-state index in [2.05, 4.69) is 65.1 Å². The highest BCUT2D eigenvalue weighted by atomic mass is 16.5. The van der Waals surface area contributed by atoms with Gasteiger partial charge in [-0.2, -0.15) is 15.2 Å². The number of nitriles is 1. The summed E-state index contributed by atoms with van der Waals surface area (Å²) in [6, 6.07) is 15.1. The van der Waals surface area contributed by atoms with Gasteiger partial charge in [0.15, 0.2) is 0 Å². The Labute approximate surface area is 256 Å². The molecule has 0 radical (unpaired) electrons. The molecule has 0 N–H and O–H groups in total. The van der Waals surface area contributed by atoms with Crippen molar-refractivity contribution in [1.82, 2.24) is 19.8 Å². The summed E-state index contributed by atoms with van der Waals surface area (Å²) in [6.45, 7) is 12.6. The van der Waals surface area contributed by atoms with Crippen molar-refractivity contribution >= 4 is 28.2 Å². The minimum absolute atomic E-state index is 0.0745. The Bertz CT molecular complexity index is 1450. The van der Waals surface area contributed by atoms with Crippen molar-refractivity contribution in [3.05, 3.63) is 65.4 Å². The predicted octanol–water partition coefficient (Wildman–Crippen LogP) is 4.98. The second kappa shape index (κ2) is 15.4. The number of allylic oxidation sites excluding steroid dienone is 1. The van der Waals surface area contributed by atoms with E-state index in [4.69, 9.17) is 20.0 Å². The van der Waals surface area contributed by atoms with Crippen molar-refractivity contribution in [3.63, 3.8) is 0 Å². The van der Waals surface area contributed by atoms with Gasteiger partial charge >= 0.3 is 6.01 Å². The first kappa shape index (κ1) is 31.8. The molecule has 0 saturated carbocycles. The van der Waals surface area contributed by atoms with Crippen LogP contribution in [0.5, 0.6) is 6.01 Å². The van der Waals surface area contributed by atoms with Crippen LogP contribution in [-0.4, -0.2) is 85.6 Å². The molecule has 0 unspecified atom stereocenters. The number of methoxy groups -OCH3 is 1. The second-order valence-corrected chi connectivity index (χ2v) is 11.1. The van der Waals surface area contributed by atoms with Crippen LogP contribution in [0.2, 0.25) is 0 Å². The zero-order valence-electron chi connectivity index (χ0n) is 26.3. The molecular weight excluding hydrogens is 538 g/mol. The summed E-state index contributed by atoms with van der Waals surface area (Å²) in [7, 11) is 3.79. The third-order valence-corrected chi connectivity index (χ3v) is 8.17. The van der Waals surface area contributed by atoms with E-state index in [1.165, 1.54) is 60.4 Å². The molecule has 43 heavy (non-hydrogen) atoms. The van der Waals surface area contributed by atoms with E-state index >= 15 is 0 Å². The number of nitrogens with zero attached hydrogens (tertiary/aromatic N) is 7. The van der Waals surface area contributed by atoms with Crippen LogP contribution in [-0.2, 0) is 17.8 Å². The Kier molecular flexibility index (Phi) is 11.3. The van der Waals surface area contributed by atoms with Gasteiger partial charge in [-0.05, 0) is 76.3 Å². The number of rotatable bonds is 4. The van der Waals surface area contributed by atoms with Crippen LogP contribution in [0.4, 0.5) is 11.5 Å². The molecule has 0 bridgehead atoms. The standard InChI is InChI=1S/C27H31N5O2.C5H11N.C2H3N/c1-4-7-24(33)30-14-16-31(17-15-30)26-21-12-13-32(18-22(21)28-27(29-26)34-3)23-11-6-10-20-9-5-8-19(2)25(20)23;1-6-4-2-3-5-6;1-2-3/h4-11H,12-18H2,1-3H3;2-5H2,1H3;1H3/b7-4+;;. The first-order chi connectivity index (χ1) is 20.9. The number of aromatic nitrogens is 2. The minimum Gasteiger partial charge on any atom is -0.467 e. The fraction of sp³-hybridized carbons (Fsp3) is 0.471. The third kappa shape index (κ3) is 7.82. The second-order valence-electron chi connectivity index (χ2n) is 11.1. The number of amides is 1. The Hall–Kier alpha value is -4.16. The van der Waals surface area contributed by atoms with Crippen LogP contribution in [0.25, 0.3) is 10.8 Å². The number of benzene rings is 2. The molecule has 9 nitrogen and oxygen atoms in total. The maximum absolute atomic E-state index is 12.2. The van der Waals surface area contributed by atoms with Crippen molar-refractivity contribution in [2.45, 2.75) is 46.6 Å². The van der Waals surface area contributed by atoms with Crippen LogP contribution in [0, 0.1) is 18.3 Å². The molecule has 3 aliphatic heterocycles. The molecule has 0 atom stereocenters. The van der Waals surface area contributed by atoms with Gasteiger partial charge in [0, 0.05) is 56.3 Å². The molecule has 3 aromatic rings. The predicted molar refractivity (Wildman–Crippen MR) is 174 cm³/mol. The molecule has 1 aromatic heterocycles. The molecular formula is C34H45N7O2. The Balaban J connectivity index is 0.000000408. The lowest BCUT2D eigenvalue weighted by Gasteiger charge is -2.38. The number of carbonyl (C=O) groups is 1. The van der Waals surface area contributed by atoms with Crippen molar-refractivity contribution in [2.75, 3.05) is 69.8 Å². The molecule has 9 heteroatoms. The largest absolute Gasteiger partial charge is 0.467 e. The normalized spacial score (nSPS) is 16.6. The number of anilines is 2. The number of fused-ring (bicyclic) bond motifs is 2. The summed E-state index contributed by atoms with van der Waals surface area (Å²) >= 11 is 0. The fourth-order valence-corrected chi connectivity index (χ4v) is 5.98. The van der Waals surface area contributed by atoms with Crippen LogP contribution in [0.3, 0.4) is 0 Å². The number of hydrogen-bond donors (Lipinski definition) is 0. The number of ether oxygens (including phenoxy) is 1. The summed E-state index contributed by atoms with van der Waals surface area (Å²) in [5.74, 6) is 1.03. The Morgan fingerprint density at radius 1 is 0.977 bits per heavy atom. The lowest BCUT2D eigenvalue weighted by Crippen LogP contribution is -2.49. The van der Waals surface area contributed by atoms with E-state index in [-0.39, 0.29) is 5.91 Å². The van der Waals surface area contributed by atoms with E-state index in [0.29, 0.717) is 25.6 Å². The monoisotopic (exact) mass is 583 g/mol. The maximum Gasteiger partial charge on any atom is 0.318 e. The van der Waals surface area contributed by atoms with Crippen LogP contribution >= 0.6 is 0 Å². The average Bonchev–Trinajstić information content (AvgIpc) is 3.52. The van der Waals surface area contributed by atoms with Crippen LogP contribution < -0.4 is 14.5 Å². The number of hydrogen-bond acceptors (Lipinski definition) is 8. The fourth-order valence-electron chi connectivity index (χ4n) is 5.98. The molecule has 0 spiro atoms. The number of likely N-dealkylation sites (tertiary alicyclic amines) is 1. The van der Waals surface area contributed by atoms with Gasteiger partial charge in [-0.3, -0.25) is 4.79 Å². The highest BCUT2D eigenvalue weighted by molar-refractivity contribution is 5.97. The number of aryl methyl sites for hydroxylation is 1. The Morgan fingerprint density at radius 3 is 2.26 bits per heavy atom. The van der Waals surface area contributed by atoms with Gasteiger partial charge in [-0.1, -0.05) is 36.4 Å². The average molecular weight is 584 g/mol. The Morgan fingerprint density at radius 2 is 1.65 bits per heavy atom. The lowest BCUT2D eigenvalue weighted by molar-refractivity contribution is -0.126. The van der Waals surface area contributed by atoms with Crippen molar-refractivity contribution in [1.29, 1.82) is 5.26 Å². The molecule has 2 aromatic carbocycles. The smallest absolute Gasteiger partial charge is 0.318 e. The van der Waals surface area contributed by atoms with Gasteiger partial charge in [0.1, 0.15) is 5.82 Å². The van der Waals surface area contributed by atoms with Gasteiger partial charge in [0.25, 0.3) is 0 Å². The molecule has 1 amide bonds. The lowest BCUT2D eigenvalue weighted by atomic mass is 9.99. The van der Waals surface area contributed by atoms with Gasteiger partial charge in [0.05, 0.1) is 25.4 Å². The molecule has 2 fully saturated rings. The molecule has 0 aliphatic carbocycles. The van der Waals surface area contributed by atoms with E-state index in [0.717, 1.165) is 37.6 Å². The molecule has 228 valence electrons. The zero-order chi connectivity index (χ0) is 30.8. The molecule has 4 heterocycles. The molecule has 6 rings (SSSR count). The number of piperazine rings is 1. The minimum atomic E-state index is 0.0745. The van der Waals surface area contributed by atoms with Gasteiger partial charge < -0.3 is 24.3 Å². The van der Waals surface area contributed by atoms with Crippen molar-refractivity contribution < 1.29 is 9.53 Å². The van der Waals surface area contributed by atoms with E-state index in [1.807, 2.05) is 11.8 Å². The van der Waals surface area contributed by atoms with Crippen LogP contribution in [0.15, 0.2) is 48.6 Å². The van der Waals surface area contributed by atoms with E-state index in [9.17, 15) is 4.79 Å². The SMILES string of the molecule is C/C=C/C(=O)N1CCN(c2nc(OC)nc3c2CCN(c2cccc4cccc(C)c24)C3)CC1.CC#N.CN1CCCC1. The first-order valence-corrected chi connectivity index (χ1v) is 15.2. The summed E-state index contributed by atoms with van der Waals surface area (Å²) in [5.41, 5.74) is 4.75. The highest BCUT2D eigenvalue weighted by Gasteiger charge is 2.29. The van der Waals surface area contributed by atoms with Gasteiger partial charge in [-0.15, -0.1) is 0 Å². The topological polar surface area (TPSA) is 88.8 Å². The first-order valence-electron chi connectivity index (χ1n) is 15.2. The summed E-state index contributed by atoms with van der Waals surface area (Å²) < 4.78 is 5.49. The summed E-state index contributed by atoms with van der Waals surface area (Å²) in [4.78, 5) is 30.7. The van der Waals surface area contributed by atoms with Crippen molar-refractivity contribution in [3.8, 4) is 12.1 Å². The summed E-state index contributed by atoms with van der Waals surface area (Å²) in [6.07, 6.45) is 7.13. The maximum atomic E-state index is 12.2. The molecule has 2 saturated heterocycles. The van der Waals surface area contributed by atoms with Crippen molar-refractivity contribution in [2.24, 2.45) is 0 Å².